The Morgan fingerprint density at radius 2 is 1.15 bits per heavy atom. The van der Waals surface area contributed by atoms with Crippen LogP contribution in [0.2, 0.25) is 0 Å². The highest BCUT2D eigenvalue weighted by Crippen LogP contribution is 2.33. The molecule has 2 aliphatic rings. The van der Waals surface area contributed by atoms with Crippen molar-refractivity contribution >= 4 is 33.8 Å². The van der Waals surface area contributed by atoms with Crippen LogP contribution < -0.4 is 19.7 Å². The topological polar surface area (TPSA) is 128 Å². The lowest BCUT2D eigenvalue weighted by molar-refractivity contribution is 0.00217. The van der Waals surface area contributed by atoms with E-state index in [2.05, 4.69) is 61.8 Å². The average Bonchev–Trinajstić information content (AvgIpc) is 3.74. The zero-order valence-corrected chi connectivity index (χ0v) is 41.1. The molecule has 2 unspecified atom stereocenters. The SMILES string of the molecule is CC(C)(C)OC(=O)N1CCNCC1CC(F)F.COc1cc(-n2c(C)ccc2C)ncc1Br.COc1cc(-n2c(C)ccc2C)ncc1N1CCN(C(=O)OC(C)(C)C)C(CC(F)F)C1. The molecule has 14 nitrogen and oxygen atoms in total. The number of halogens is 5. The minimum Gasteiger partial charge on any atom is -0.495 e. The van der Waals surface area contributed by atoms with Crippen molar-refractivity contribution in [2.75, 3.05) is 58.4 Å². The minimum atomic E-state index is -2.54. The van der Waals surface area contributed by atoms with Crippen molar-refractivity contribution in [3.05, 3.63) is 76.0 Å². The van der Waals surface area contributed by atoms with Crippen LogP contribution in [-0.2, 0) is 9.47 Å². The van der Waals surface area contributed by atoms with Gasteiger partial charge in [-0.25, -0.2) is 37.1 Å². The van der Waals surface area contributed by atoms with Crippen molar-refractivity contribution in [3.8, 4) is 23.1 Å². The smallest absolute Gasteiger partial charge is 0.410 e. The van der Waals surface area contributed by atoms with Gasteiger partial charge < -0.3 is 48.1 Å². The Bertz CT molecular complexity index is 2150. The number of methoxy groups -OCH3 is 2. The third-order valence-corrected chi connectivity index (χ3v) is 11.0. The Morgan fingerprint density at radius 1 is 0.708 bits per heavy atom. The molecule has 6 heterocycles. The first-order chi connectivity index (χ1) is 30.4. The average molecular weight is 982 g/mol. The van der Waals surface area contributed by atoms with Crippen LogP contribution >= 0.6 is 15.9 Å². The summed E-state index contributed by atoms with van der Waals surface area (Å²) in [5.41, 5.74) is 3.84. The molecule has 0 saturated carbocycles. The van der Waals surface area contributed by atoms with E-state index in [-0.39, 0.29) is 19.5 Å². The standard InChI is InChI=1S/C23H32F2N4O3.C12H13BrN2O.C11H20F2N2O2/c1-15-7-8-16(2)29(15)21-12-19(31-6)18(13-26-21)27-9-10-28(17(14-27)11-20(24)25)22(30)32-23(3,4)5;1-8-4-5-9(2)15(8)12-6-11(16-3)10(13)7-14-12;1-11(2,3)17-10(16)15-5-4-14-7-8(15)6-9(12)13/h7-8,12-13,17,20H,9-11,14H2,1-6H3;4-7H,1-3H3;8-9,14H,4-7H2,1-3H3. The molecule has 4 aromatic heterocycles. The van der Waals surface area contributed by atoms with Gasteiger partial charge in [0.15, 0.2) is 0 Å². The summed E-state index contributed by atoms with van der Waals surface area (Å²) in [4.78, 5) is 38.2. The van der Waals surface area contributed by atoms with E-state index in [1.807, 2.05) is 47.6 Å². The third-order valence-electron chi connectivity index (χ3n) is 10.4. The van der Waals surface area contributed by atoms with Crippen LogP contribution in [0.1, 0.15) is 77.2 Å². The number of nitrogens with zero attached hydrogens (tertiary/aromatic N) is 7. The fraction of sp³-hybridized carbons (Fsp3) is 0.565. The number of rotatable bonds is 9. The van der Waals surface area contributed by atoms with Gasteiger partial charge in [-0.1, -0.05) is 0 Å². The number of amides is 2. The van der Waals surface area contributed by atoms with Gasteiger partial charge in [-0.05, 0) is 109 Å². The summed E-state index contributed by atoms with van der Waals surface area (Å²) >= 11 is 3.39. The number of aryl methyl sites for hydroxylation is 4. The van der Waals surface area contributed by atoms with Crippen molar-refractivity contribution in [2.24, 2.45) is 0 Å². The number of aromatic nitrogens is 4. The molecule has 0 aromatic carbocycles. The van der Waals surface area contributed by atoms with E-state index in [9.17, 15) is 27.2 Å². The Kier molecular flexibility index (Phi) is 18.5. The molecule has 0 radical (unpaired) electrons. The molecule has 2 atom stereocenters. The van der Waals surface area contributed by atoms with Gasteiger partial charge in [-0.3, -0.25) is 0 Å². The number of anilines is 1. The lowest BCUT2D eigenvalue weighted by Crippen LogP contribution is -2.56. The summed E-state index contributed by atoms with van der Waals surface area (Å²) in [6.07, 6.45) is -3.30. The zero-order valence-electron chi connectivity index (χ0n) is 39.6. The molecule has 4 aromatic rings. The van der Waals surface area contributed by atoms with E-state index in [0.717, 1.165) is 44.6 Å². The van der Waals surface area contributed by atoms with E-state index in [0.29, 0.717) is 37.6 Å². The zero-order chi connectivity index (χ0) is 48.4. The number of hydrogen-bond acceptors (Lipinski definition) is 10. The van der Waals surface area contributed by atoms with E-state index in [4.69, 9.17) is 18.9 Å². The first-order valence-electron chi connectivity index (χ1n) is 21.5. The molecule has 2 amide bonds. The fourth-order valence-electron chi connectivity index (χ4n) is 7.47. The number of pyridine rings is 2. The number of ether oxygens (including phenoxy) is 4. The van der Waals surface area contributed by atoms with Gasteiger partial charge in [0, 0.05) is 93.2 Å². The van der Waals surface area contributed by atoms with Crippen molar-refractivity contribution < 1.29 is 46.1 Å². The maximum Gasteiger partial charge on any atom is 0.410 e. The number of piperazine rings is 2. The second kappa shape index (κ2) is 22.9. The molecular formula is C46H65BrF4N8O6. The highest BCUT2D eigenvalue weighted by Gasteiger charge is 2.36. The first kappa shape index (κ1) is 52.6. The molecule has 2 fully saturated rings. The summed E-state index contributed by atoms with van der Waals surface area (Å²) in [5.74, 6) is 2.99. The van der Waals surface area contributed by atoms with Gasteiger partial charge in [0.25, 0.3) is 0 Å². The molecule has 2 saturated heterocycles. The number of nitrogens with one attached hydrogen (secondary N) is 1. The molecule has 0 aliphatic carbocycles. The van der Waals surface area contributed by atoms with Crippen LogP contribution in [0.3, 0.4) is 0 Å². The molecule has 360 valence electrons. The summed E-state index contributed by atoms with van der Waals surface area (Å²) in [7, 11) is 3.23. The molecule has 1 N–H and O–H groups in total. The number of carbonyl (C=O) groups is 2. The first-order valence-corrected chi connectivity index (χ1v) is 22.3. The Balaban J connectivity index is 0.000000235. The maximum absolute atomic E-state index is 13.3. The fourth-order valence-corrected chi connectivity index (χ4v) is 7.85. The summed E-state index contributed by atoms with van der Waals surface area (Å²) in [6, 6.07) is 10.8. The molecule has 0 bridgehead atoms. The van der Waals surface area contributed by atoms with Crippen molar-refractivity contribution in [3.63, 3.8) is 0 Å². The van der Waals surface area contributed by atoms with Gasteiger partial charge in [0.1, 0.15) is 34.3 Å². The van der Waals surface area contributed by atoms with Crippen LogP contribution in [-0.4, -0.2) is 131 Å². The predicted molar refractivity (Wildman–Crippen MR) is 247 cm³/mol. The maximum atomic E-state index is 13.3. The van der Waals surface area contributed by atoms with Gasteiger partial charge in [0.05, 0.1) is 42.7 Å². The predicted octanol–water partition coefficient (Wildman–Crippen LogP) is 9.69. The number of alkyl halides is 4. The molecule has 2 aliphatic heterocycles. The monoisotopic (exact) mass is 980 g/mol. The summed E-state index contributed by atoms with van der Waals surface area (Å²) in [6.45, 7) is 21.1. The van der Waals surface area contributed by atoms with Gasteiger partial charge in [-0.2, -0.15) is 0 Å². The van der Waals surface area contributed by atoms with Crippen molar-refractivity contribution in [2.45, 2.75) is 118 Å². The number of carbonyl (C=O) groups excluding carboxylic acids is 2. The lowest BCUT2D eigenvalue weighted by Gasteiger charge is -2.42. The van der Waals surface area contributed by atoms with Gasteiger partial charge in [-0.15, -0.1) is 0 Å². The van der Waals surface area contributed by atoms with Crippen LogP contribution in [0.5, 0.6) is 11.5 Å². The molecule has 65 heavy (non-hydrogen) atoms. The number of hydrogen-bond donors (Lipinski definition) is 1. The quantitative estimate of drug-likeness (QED) is 0.162. The minimum absolute atomic E-state index is 0.239. The van der Waals surface area contributed by atoms with Crippen LogP contribution in [0.15, 0.2) is 53.3 Å². The Morgan fingerprint density at radius 3 is 1.62 bits per heavy atom. The van der Waals surface area contributed by atoms with E-state index < -0.39 is 54.7 Å². The molecular weight excluding hydrogens is 916 g/mol. The van der Waals surface area contributed by atoms with Crippen LogP contribution in [0.25, 0.3) is 11.6 Å². The van der Waals surface area contributed by atoms with Crippen LogP contribution in [0, 0.1) is 27.7 Å². The van der Waals surface area contributed by atoms with E-state index in [1.165, 1.54) is 9.80 Å². The Hall–Kier alpha value is -5.04. The Labute approximate surface area is 388 Å². The largest absolute Gasteiger partial charge is 0.495 e. The highest BCUT2D eigenvalue weighted by atomic mass is 79.9. The second-order valence-corrected chi connectivity index (χ2v) is 18.7. The van der Waals surface area contributed by atoms with E-state index >= 15 is 0 Å². The van der Waals surface area contributed by atoms with Crippen LogP contribution in [0.4, 0.5) is 32.8 Å². The molecule has 0 spiro atoms. The highest BCUT2D eigenvalue weighted by molar-refractivity contribution is 9.10. The summed E-state index contributed by atoms with van der Waals surface area (Å²) in [5, 5.41) is 3.01. The lowest BCUT2D eigenvalue weighted by atomic mass is 10.1. The molecule has 6 rings (SSSR count). The second-order valence-electron chi connectivity index (χ2n) is 17.9. The molecule has 19 heteroatoms. The third kappa shape index (κ3) is 15.0. The van der Waals surface area contributed by atoms with Gasteiger partial charge >= 0.3 is 12.2 Å². The van der Waals surface area contributed by atoms with Crippen molar-refractivity contribution in [1.82, 2.24) is 34.2 Å². The summed E-state index contributed by atoms with van der Waals surface area (Å²) < 4.78 is 77.9. The van der Waals surface area contributed by atoms with Gasteiger partial charge in [0.2, 0.25) is 12.9 Å². The normalized spacial score (nSPS) is 16.7. The van der Waals surface area contributed by atoms with E-state index in [1.54, 1.807) is 68.2 Å². The van der Waals surface area contributed by atoms with Crippen molar-refractivity contribution in [1.29, 1.82) is 0 Å².